The predicted octanol–water partition coefficient (Wildman–Crippen LogP) is 4.49. The maximum Gasteiger partial charge on any atom is 0.264 e. The van der Waals surface area contributed by atoms with Crippen molar-refractivity contribution in [3.05, 3.63) is 66.4 Å². The molecule has 29 heavy (non-hydrogen) atoms. The Kier molecular flexibility index (Phi) is 6.52. The van der Waals surface area contributed by atoms with Gasteiger partial charge in [-0.05, 0) is 55.5 Å². The number of nitrogens with zero attached hydrogens (tertiary/aromatic N) is 1. The van der Waals surface area contributed by atoms with E-state index in [4.69, 9.17) is 14.2 Å². The molecule has 3 aromatic rings. The lowest BCUT2D eigenvalue weighted by atomic mass is 10.1. The van der Waals surface area contributed by atoms with Crippen LogP contribution in [0.4, 0.5) is 17.2 Å². The van der Waals surface area contributed by atoms with Crippen LogP contribution in [0.5, 0.6) is 17.2 Å². The molecule has 0 atom stereocenters. The Morgan fingerprint density at radius 1 is 0.931 bits per heavy atom. The van der Waals surface area contributed by atoms with Gasteiger partial charge in [-0.25, -0.2) is 4.98 Å². The first-order valence-corrected chi connectivity index (χ1v) is 9.13. The molecule has 0 fully saturated rings. The first-order chi connectivity index (χ1) is 14.1. The third kappa shape index (κ3) is 4.95. The number of pyridine rings is 1. The molecule has 0 unspecified atom stereocenters. The van der Waals surface area contributed by atoms with Gasteiger partial charge in [-0.2, -0.15) is 0 Å². The van der Waals surface area contributed by atoms with E-state index in [2.05, 4.69) is 15.6 Å². The smallest absolute Gasteiger partial charge is 0.264 e. The van der Waals surface area contributed by atoms with Crippen LogP contribution in [-0.2, 0) is 0 Å². The molecule has 2 N–H and O–H groups in total. The van der Waals surface area contributed by atoms with Crippen molar-refractivity contribution in [3.63, 3.8) is 0 Å². The molecule has 0 aliphatic carbocycles. The van der Waals surface area contributed by atoms with Crippen molar-refractivity contribution in [2.24, 2.45) is 0 Å². The standard InChI is InChI=1S/C22H23N3O4/c1-4-29-17-11-8-15(9-12-17)24-16-10-13-20(23-14-16)25-22(26)21-18(27-2)6-5-7-19(21)28-3/h5-14,24H,4H2,1-3H3,(H,23,25,26). The molecule has 3 rings (SSSR count). The molecule has 0 saturated carbocycles. The topological polar surface area (TPSA) is 81.7 Å². The van der Waals surface area contributed by atoms with Crippen LogP contribution in [0.15, 0.2) is 60.8 Å². The number of rotatable bonds is 8. The zero-order valence-corrected chi connectivity index (χ0v) is 16.6. The molecular weight excluding hydrogens is 370 g/mol. The van der Waals surface area contributed by atoms with E-state index in [1.807, 2.05) is 37.3 Å². The molecule has 0 spiro atoms. The zero-order valence-electron chi connectivity index (χ0n) is 16.6. The third-order valence-corrected chi connectivity index (χ3v) is 4.11. The van der Waals surface area contributed by atoms with Gasteiger partial charge >= 0.3 is 0 Å². The summed E-state index contributed by atoms with van der Waals surface area (Å²) in [7, 11) is 3.01. The van der Waals surface area contributed by atoms with E-state index < -0.39 is 0 Å². The summed E-state index contributed by atoms with van der Waals surface area (Å²) in [5, 5.41) is 6.02. The molecule has 150 valence electrons. The van der Waals surface area contributed by atoms with Crippen molar-refractivity contribution in [1.29, 1.82) is 0 Å². The van der Waals surface area contributed by atoms with Crippen LogP contribution in [0.3, 0.4) is 0 Å². The van der Waals surface area contributed by atoms with Crippen molar-refractivity contribution >= 4 is 23.1 Å². The molecular formula is C22H23N3O4. The van der Waals surface area contributed by atoms with Crippen molar-refractivity contribution in [1.82, 2.24) is 4.98 Å². The number of hydrogen-bond donors (Lipinski definition) is 2. The molecule has 0 bridgehead atoms. The van der Waals surface area contributed by atoms with Crippen molar-refractivity contribution in [3.8, 4) is 17.2 Å². The highest BCUT2D eigenvalue weighted by molar-refractivity contribution is 6.07. The van der Waals surface area contributed by atoms with Crippen molar-refractivity contribution in [2.45, 2.75) is 6.92 Å². The minimum absolute atomic E-state index is 0.316. The highest BCUT2D eigenvalue weighted by Crippen LogP contribution is 2.29. The second-order valence-corrected chi connectivity index (χ2v) is 6.01. The van der Waals surface area contributed by atoms with E-state index in [0.717, 1.165) is 17.1 Å². The second-order valence-electron chi connectivity index (χ2n) is 6.01. The number of methoxy groups -OCH3 is 2. The number of benzene rings is 2. The fourth-order valence-electron chi connectivity index (χ4n) is 2.76. The summed E-state index contributed by atoms with van der Waals surface area (Å²) in [6.45, 7) is 2.58. The fourth-order valence-corrected chi connectivity index (χ4v) is 2.76. The number of carbonyl (C=O) groups is 1. The van der Waals surface area contributed by atoms with Gasteiger partial charge in [-0.15, -0.1) is 0 Å². The van der Waals surface area contributed by atoms with Gasteiger partial charge in [0.05, 0.1) is 32.7 Å². The van der Waals surface area contributed by atoms with E-state index in [9.17, 15) is 4.79 Å². The molecule has 1 heterocycles. The average Bonchev–Trinajstić information content (AvgIpc) is 2.76. The van der Waals surface area contributed by atoms with Crippen LogP contribution in [0.2, 0.25) is 0 Å². The largest absolute Gasteiger partial charge is 0.496 e. The second kappa shape index (κ2) is 9.45. The molecule has 1 amide bonds. The van der Waals surface area contributed by atoms with E-state index in [-0.39, 0.29) is 5.91 Å². The Bertz CT molecular complexity index is 935. The summed E-state index contributed by atoms with van der Waals surface area (Å²) >= 11 is 0. The van der Waals surface area contributed by atoms with Crippen LogP contribution < -0.4 is 24.8 Å². The van der Waals surface area contributed by atoms with E-state index in [0.29, 0.717) is 29.5 Å². The van der Waals surface area contributed by atoms with Crippen LogP contribution in [0.1, 0.15) is 17.3 Å². The Morgan fingerprint density at radius 3 is 2.14 bits per heavy atom. The highest BCUT2D eigenvalue weighted by atomic mass is 16.5. The quantitative estimate of drug-likeness (QED) is 0.587. The number of hydrogen-bond acceptors (Lipinski definition) is 6. The normalized spacial score (nSPS) is 10.2. The third-order valence-electron chi connectivity index (χ3n) is 4.11. The van der Waals surface area contributed by atoms with Crippen molar-refractivity contribution < 1.29 is 19.0 Å². The minimum Gasteiger partial charge on any atom is -0.496 e. The fraction of sp³-hybridized carbons (Fsp3) is 0.182. The zero-order chi connectivity index (χ0) is 20.6. The summed E-state index contributed by atoms with van der Waals surface area (Å²) in [5.41, 5.74) is 2.02. The van der Waals surface area contributed by atoms with Gasteiger partial charge in [0.15, 0.2) is 0 Å². The maximum atomic E-state index is 12.7. The van der Waals surface area contributed by atoms with Crippen LogP contribution in [0, 0.1) is 0 Å². The molecule has 2 aromatic carbocycles. The maximum absolute atomic E-state index is 12.7. The van der Waals surface area contributed by atoms with Gasteiger partial charge in [0.25, 0.3) is 5.91 Å². The molecule has 7 nitrogen and oxygen atoms in total. The number of carbonyl (C=O) groups excluding carboxylic acids is 1. The van der Waals surface area contributed by atoms with Crippen LogP contribution in [-0.4, -0.2) is 31.7 Å². The number of amides is 1. The van der Waals surface area contributed by atoms with Gasteiger partial charge in [0.1, 0.15) is 28.6 Å². The predicted molar refractivity (Wildman–Crippen MR) is 113 cm³/mol. The molecule has 1 aromatic heterocycles. The lowest BCUT2D eigenvalue weighted by Crippen LogP contribution is -2.15. The molecule has 0 aliphatic rings. The Morgan fingerprint density at radius 2 is 1.59 bits per heavy atom. The van der Waals surface area contributed by atoms with Gasteiger partial charge < -0.3 is 24.8 Å². The molecule has 0 aliphatic heterocycles. The lowest BCUT2D eigenvalue weighted by molar-refractivity contribution is 0.102. The summed E-state index contributed by atoms with van der Waals surface area (Å²) < 4.78 is 16.0. The van der Waals surface area contributed by atoms with Gasteiger partial charge in [0.2, 0.25) is 0 Å². The summed E-state index contributed by atoms with van der Waals surface area (Å²) in [6.07, 6.45) is 1.64. The number of aromatic nitrogens is 1. The number of ether oxygens (including phenoxy) is 3. The summed E-state index contributed by atoms with van der Waals surface area (Å²) in [6, 6.07) is 16.4. The van der Waals surface area contributed by atoms with E-state index in [1.54, 1.807) is 30.5 Å². The minimum atomic E-state index is -0.362. The number of nitrogens with one attached hydrogen (secondary N) is 2. The summed E-state index contributed by atoms with van der Waals surface area (Å²) in [4.78, 5) is 17.0. The SMILES string of the molecule is CCOc1ccc(Nc2ccc(NC(=O)c3c(OC)cccc3OC)nc2)cc1. The van der Waals surface area contributed by atoms with E-state index >= 15 is 0 Å². The molecule has 0 radical (unpaired) electrons. The molecule has 7 heteroatoms. The number of anilines is 3. The first-order valence-electron chi connectivity index (χ1n) is 9.13. The van der Waals surface area contributed by atoms with Crippen LogP contribution >= 0.6 is 0 Å². The highest BCUT2D eigenvalue weighted by Gasteiger charge is 2.18. The van der Waals surface area contributed by atoms with Gasteiger partial charge in [-0.1, -0.05) is 6.07 Å². The van der Waals surface area contributed by atoms with E-state index in [1.165, 1.54) is 14.2 Å². The van der Waals surface area contributed by atoms with Gasteiger partial charge in [-0.3, -0.25) is 4.79 Å². The molecule has 0 saturated heterocycles. The Balaban J connectivity index is 1.68. The lowest BCUT2D eigenvalue weighted by Gasteiger charge is -2.13. The Labute approximate surface area is 169 Å². The first kappa shape index (κ1) is 20.0. The Hall–Kier alpha value is -3.74. The van der Waals surface area contributed by atoms with Crippen LogP contribution in [0.25, 0.3) is 0 Å². The monoisotopic (exact) mass is 393 g/mol. The summed E-state index contributed by atoms with van der Waals surface area (Å²) in [5.74, 6) is 1.73. The van der Waals surface area contributed by atoms with Crippen molar-refractivity contribution in [2.75, 3.05) is 31.5 Å². The van der Waals surface area contributed by atoms with Gasteiger partial charge in [0, 0.05) is 5.69 Å². The average molecular weight is 393 g/mol.